The van der Waals surface area contributed by atoms with Gasteiger partial charge in [-0.1, -0.05) is 31.5 Å². The second kappa shape index (κ2) is 9.58. The van der Waals surface area contributed by atoms with Gasteiger partial charge in [0.15, 0.2) is 0 Å². The van der Waals surface area contributed by atoms with Gasteiger partial charge in [-0.3, -0.25) is 9.69 Å². The van der Waals surface area contributed by atoms with E-state index in [1.807, 2.05) is 24.4 Å². The minimum absolute atomic E-state index is 0.208. The SMILES string of the molecule is CCCCN1C(=O)NC(c2cccc(NC(=O)c3cccs3)c2)C(C(=O)OC)=C1C. The predicted octanol–water partition coefficient (Wildman–Crippen LogP) is 4.31. The summed E-state index contributed by atoms with van der Waals surface area (Å²) in [5, 5.41) is 7.61. The third-order valence-electron chi connectivity index (χ3n) is 4.96. The molecule has 2 aromatic rings. The summed E-state index contributed by atoms with van der Waals surface area (Å²) in [5.41, 5.74) is 2.23. The molecule has 30 heavy (non-hydrogen) atoms. The lowest BCUT2D eigenvalue weighted by atomic mass is 9.94. The van der Waals surface area contributed by atoms with Crippen LogP contribution in [0.15, 0.2) is 53.0 Å². The quantitative estimate of drug-likeness (QED) is 0.645. The Morgan fingerprint density at radius 2 is 2.07 bits per heavy atom. The number of ether oxygens (including phenoxy) is 1. The van der Waals surface area contributed by atoms with Crippen LogP contribution in [0.1, 0.15) is 48.0 Å². The van der Waals surface area contributed by atoms with Gasteiger partial charge in [-0.05, 0) is 42.5 Å². The molecule has 0 radical (unpaired) electrons. The third-order valence-corrected chi connectivity index (χ3v) is 5.83. The van der Waals surface area contributed by atoms with Gasteiger partial charge in [-0.25, -0.2) is 9.59 Å². The highest BCUT2D eigenvalue weighted by Crippen LogP contribution is 2.32. The predicted molar refractivity (Wildman–Crippen MR) is 116 cm³/mol. The molecule has 0 bridgehead atoms. The summed E-state index contributed by atoms with van der Waals surface area (Å²) in [7, 11) is 1.32. The number of esters is 1. The first-order chi connectivity index (χ1) is 14.5. The minimum Gasteiger partial charge on any atom is -0.466 e. The molecule has 1 aromatic carbocycles. The maximum Gasteiger partial charge on any atom is 0.337 e. The molecular weight excluding hydrogens is 402 g/mol. The van der Waals surface area contributed by atoms with Crippen molar-refractivity contribution in [3.8, 4) is 0 Å². The van der Waals surface area contributed by atoms with E-state index in [-0.39, 0.29) is 11.9 Å². The molecule has 0 saturated carbocycles. The van der Waals surface area contributed by atoms with E-state index >= 15 is 0 Å². The molecule has 1 aromatic heterocycles. The zero-order chi connectivity index (χ0) is 21.7. The second-order valence-corrected chi connectivity index (χ2v) is 7.88. The van der Waals surface area contributed by atoms with Crippen molar-refractivity contribution < 1.29 is 19.1 Å². The molecule has 1 aliphatic rings. The summed E-state index contributed by atoms with van der Waals surface area (Å²) in [6, 6.07) is 9.75. The number of benzene rings is 1. The molecule has 3 rings (SSSR count). The van der Waals surface area contributed by atoms with Crippen LogP contribution in [0.25, 0.3) is 0 Å². The van der Waals surface area contributed by atoms with E-state index in [0.29, 0.717) is 33.9 Å². The van der Waals surface area contributed by atoms with Gasteiger partial charge >= 0.3 is 12.0 Å². The van der Waals surface area contributed by atoms with Crippen LogP contribution >= 0.6 is 11.3 Å². The molecule has 0 aliphatic carbocycles. The smallest absolute Gasteiger partial charge is 0.337 e. The van der Waals surface area contributed by atoms with Crippen molar-refractivity contribution >= 4 is 34.9 Å². The number of rotatable bonds is 7. The molecule has 7 nitrogen and oxygen atoms in total. The number of methoxy groups -OCH3 is 1. The molecule has 8 heteroatoms. The van der Waals surface area contributed by atoms with Gasteiger partial charge < -0.3 is 15.4 Å². The van der Waals surface area contributed by atoms with Crippen molar-refractivity contribution in [3.05, 3.63) is 63.5 Å². The molecule has 158 valence electrons. The first-order valence-corrected chi connectivity index (χ1v) is 10.7. The highest BCUT2D eigenvalue weighted by atomic mass is 32.1. The number of unbranched alkanes of at least 4 members (excludes halogenated alkanes) is 1. The van der Waals surface area contributed by atoms with Gasteiger partial charge in [0.2, 0.25) is 0 Å². The Balaban J connectivity index is 1.93. The van der Waals surface area contributed by atoms with Gasteiger partial charge in [0.25, 0.3) is 5.91 Å². The van der Waals surface area contributed by atoms with Crippen LogP contribution in [0.4, 0.5) is 10.5 Å². The van der Waals surface area contributed by atoms with Crippen LogP contribution in [0.2, 0.25) is 0 Å². The van der Waals surface area contributed by atoms with Crippen molar-refractivity contribution in [2.75, 3.05) is 19.0 Å². The molecule has 0 saturated heterocycles. The molecule has 2 heterocycles. The Hall–Kier alpha value is -3.13. The molecule has 2 N–H and O–H groups in total. The fourth-order valence-corrected chi connectivity index (χ4v) is 4.01. The largest absolute Gasteiger partial charge is 0.466 e. The highest BCUT2D eigenvalue weighted by Gasteiger charge is 2.36. The van der Waals surface area contributed by atoms with E-state index < -0.39 is 12.0 Å². The standard InChI is InChI=1S/C22H25N3O4S/c1-4-5-11-25-14(2)18(21(27)29-3)19(24-22(25)28)15-8-6-9-16(13-15)23-20(26)17-10-7-12-30-17/h6-10,12-13,19H,4-5,11H2,1-3H3,(H,23,26)(H,24,28). The third kappa shape index (κ3) is 4.54. The molecule has 1 atom stereocenters. The number of hydrogen-bond acceptors (Lipinski definition) is 5. The second-order valence-electron chi connectivity index (χ2n) is 6.94. The van der Waals surface area contributed by atoms with E-state index in [2.05, 4.69) is 10.6 Å². The summed E-state index contributed by atoms with van der Waals surface area (Å²) >= 11 is 1.35. The number of nitrogens with zero attached hydrogens (tertiary/aromatic N) is 1. The number of amides is 3. The Morgan fingerprint density at radius 1 is 1.27 bits per heavy atom. The van der Waals surface area contributed by atoms with Crippen LogP contribution in [-0.4, -0.2) is 36.5 Å². The fraction of sp³-hybridized carbons (Fsp3) is 0.318. The van der Waals surface area contributed by atoms with Crippen molar-refractivity contribution in [2.24, 2.45) is 0 Å². The molecule has 3 amide bonds. The summed E-state index contributed by atoms with van der Waals surface area (Å²) in [4.78, 5) is 39.9. The van der Waals surface area contributed by atoms with Crippen LogP contribution < -0.4 is 10.6 Å². The van der Waals surface area contributed by atoms with Crippen molar-refractivity contribution in [2.45, 2.75) is 32.7 Å². The van der Waals surface area contributed by atoms with Crippen LogP contribution in [0.3, 0.4) is 0 Å². The highest BCUT2D eigenvalue weighted by molar-refractivity contribution is 7.12. The monoisotopic (exact) mass is 427 g/mol. The number of allylic oxidation sites excluding steroid dienone is 1. The lowest BCUT2D eigenvalue weighted by molar-refractivity contribution is -0.136. The van der Waals surface area contributed by atoms with Gasteiger partial charge in [-0.15, -0.1) is 11.3 Å². The number of nitrogens with one attached hydrogen (secondary N) is 2. The Morgan fingerprint density at radius 3 is 2.73 bits per heavy atom. The summed E-state index contributed by atoms with van der Waals surface area (Å²) in [6.07, 6.45) is 1.76. The van der Waals surface area contributed by atoms with Crippen molar-refractivity contribution in [3.63, 3.8) is 0 Å². The molecular formula is C22H25N3O4S. The number of thiophene rings is 1. The van der Waals surface area contributed by atoms with Crippen LogP contribution in [-0.2, 0) is 9.53 Å². The normalized spacial score (nSPS) is 16.3. The van der Waals surface area contributed by atoms with Crippen LogP contribution in [0.5, 0.6) is 0 Å². The molecule has 0 fully saturated rings. The number of anilines is 1. The molecule has 1 unspecified atom stereocenters. The Labute approximate surface area is 179 Å². The first-order valence-electron chi connectivity index (χ1n) is 9.78. The minimum atomic E-state index is -0.665. The number of carbonyl (C=O) groups excluding carboxylic acids is 3. The fourth-order valence-electron chi connectivity index (χ4n) is 3.39. The summed E-state index contributed by atoms with van der Waals surface area (Å²) in [5.74, 6) is -0.701. The van der Waals surface area contributed by atoms with Crippen LogP contribution in [0, 0.1) is 0 Å². The van der Waals surface area contributed by atoms with Crippen molar-refractivity contribution in [1.29, 1.82) is 0 Å². The Bertz CT molecular complexity index is 969. The summed E-state index contributed by atoms with van der Waals surface area (Å²) < 4.78 is 5.00. The first kappa shape index (κ1) is 21.6. The number of urea groups is 1. The van der Waals surface area contributed by atoms with E-state index in [9.17, 15) is 14.4 Å². The van der Waals surface area contributed by atoms with Gasteiger partial charge in [0, 0.05) is 17.9 Å². The topological polar surface area (TPSA) is 87.7 Å². The lowest BCUT2D eigenvalue weighted by Gasteiger charge is -2.35. The van der Waals surface area contributed by atoms with Gasteiger partial charge in [0.05, 0.1) is 23.6 Å². The number of hydrogen-bond donors (Lipinski definition) is 2. The number of carbonyl (C=O) groups is 3. The van der Waals surface area contributed by atoms with Crippen molar-refractivity contribution in [1.82, 2.24) is 10.2 Å². The van der Waals surface area contributed by atoms with Gasteiger partial charge in [-0.2, -0.15) is 0 Å². The average Bonchev–Trinajstić information content (AvgIpc) is 3.28. The zero-order valence-corrected chi connectivity index (χ0v) is 18.0. The maximum absolute atomic E-state index is 12.7. The Kier molecular flexibility index (Phi) is 6.89. The molecule has 1 aliphatic heterocycles. The van der Waals surface area contributed by atoms with E-state index in [1.54, 1.807) is 36.1 Å². The zero-order valence-electron chi connectivity index (χ0n) is 17.2. The maximum atomic E-state index is 12.7. The van der Waals surface area contributed by atoms with E-state index in [1.165, 1.54) is 18.4 Å². The van der Waals surface area contributed by atoms with E-state index in [4.69, 9.17) is 4.74 Å². The lowest BCUT2D eigenvalue weighted by Crippen LogP contribution is -2.48. The molecule has 0 spiro atoms. The average molecular weight is 428 g/mol. The van der Waals surface area contributed by atoms with E-state index in [0.717, 1.165) is 12.8 Å². The van der Waals surface area contributed by atoms with Gasteiger partial charge in [0.1, 0.15) is 0 Å². The summed E-state index contributed by atoms with van der Waals surface area (Å²) in [6.45, 7) is 4.33.